The van der Waals surface area contributed by atoms with Gasteiger partial charge in [-0.05, 0) is 63.2 Å². The van der Waals surface area contributed by atoms with Gasteiger partial charge in [0.15, 0.2) is 0 Å². The molecule has 3 heterocycles. The number of amides is 1. The number of hydrogen-bond donors (Lipinski definition) is 1. The molecule has 3 fully saturated rings. The van der Waals surface area contributed by atoms with Gasteiger partial charge >= 0.3 is 12.1 Å². The maximum Gasteiger partial charge on any atom is 0.490 e. The first-order valence-corrected chi connectivity index (χ1v) is 10.4. The average molecular weight is 443 g/mol. The maximum absolute atomic E-state index is 12.5. The van der Waals surface area contributed by atoms with Gasteiger partial charge in [0.25, 0.3) is 5.91 Å². The van der Waals surface area contributed by atoms with Crippen LogP contribution in [0.4, 0.5) is 13.2 Å². The standard InChI is InChI=1S/C19H27N3O2.C2HF3O2/c1-21-9-7-16(12-24-11-15-5-6-15)10-19(21)13-22(14-19)18(23)17-4-2-3-8-20-17;3-2(4,5)1(6)7/h2-4,8,15-16H,5-7,9-14H2,1H3;(H,6,7). The van der Waals surface area contributed by atoms with Crippen LogP contribution in [0.5, 0.6) is 0 Å². The highest BCUT2D eigenvalue weighted by molar-refractivity contribution is 5.93. The smallest absolute Gasteiger partial charge is 0.475 e. The zero-order valence-corrected chi connectivity index (χ0v) is 17.5. The number of aromatic nitrogens is 1. The fraction of sp³-hybridized carbons (Fsp3) is 0.667. The van der Waals surface area contributed by atoms with Crippen LogP contribution in [0.2, 0.25) is 0 Å². The Morgan fingerprint density at radius 3 is 2.39 bits per heavy atom. The molecule has 1 aromatic rings. The molecule has 172 valence electrons. The quantitative estimate of drug-likeness (QED) is 0.754. The Balaban J connectivity index is 0.000000339. The topological polar surface area (TPSA) is 83.0 Å². The molecule has 3 aliphatic rings. The fourth-order valence-corrected chi connectivity index (χ4v) is 4.07. The van der Waals surface area contributed by atoms with Gasteiger partial charge in [0.2, 0.25) is 0 Å². The Labute approximate surface area is 179 Å². The molecule has 1 N–H and O–H groups in total. The molecule has 2 aliphatic heterocycles. The third-order valence-electron chi connectivity index (χ3n) is 6.14. The lowest BCUT2D eigenvalue weighted by Gasteiger charge is -2.58. The highest BCUT2D eigenvalue weighted by Gasteiger charge is 2.51. The first kappa shape index (κ1) is 23.5. The van der Waals surface area contributed by atoms with Crippen LogP contribution < -0.4 is 0 Å². The van der Waals surface area contributed by atoms with Crippen LogP contribution in [0.1, 0.15) is 36.2 Å². The summed E-state index contributed by atoms with van der Waals surface area (Å²) in [5, 5.41) is 7.12. The number of carboxylic acids is 1. The largest absolute Gasteiger partial charge is 0.490 e. The van der Waals surface area contributed by atoms with Crippen molar-refractivity contribution in [3.05, 3.63) is 30.1 Å². The molecule has 31 heavy (non-hydrogen) atoms. The number of ether oxygens (including phenoxy) is 1. The van der Waals surface area contributed by atoms with E-state index in [0.29, 0.717) is 11.6 Å². The Morgan fingerprint density at radius 2 is 1.84 bits per heavy atom. The minimum absolute atomic E-state index is 0.0572. The molecular weight excluding hydrogens is 415 g/mol. The molecular formula is C21H28F3N3O4. The zero-order chi connectivity index (χ0) is 22.6. The lowest BCUT2D eigenvalue weighted by Crippen LogP contribution is -2.72. The summed E-state index contributed by atoms with van der Waals surface area (Å²) in [7, 11) is 2.20. The van der Waals surface area contributed by atoms with E-state index < -0.39 is 12.1 Å². The van der Waals surface area contributed by atoms with Crippen LogP contribution in [0.3, 0.4) is 0 Å². The van der Waals surface area contributed by atoms with Gasteiger partial charge in [-0.2, -0.15) is 13.2 Å². The van der Waals surface area contributed by atoms with Crippen molar-refractivity contribution >= 4 is 11.9 Å². The molecule has 1 aromatic heterocycles. The Bertz CT molecular complexity index is 765. The monoisotopic (exact) mass is 443 g/mol. The van der Waals surface area contributed by atoms with Crippen molar-refractivity contribution < 1.29 is 32.6 Å². The van der Waals surface area contributed by atoms with Gasteiger partial charge in [0.05, 0.1) is 5.54 Å². The van der Waals surface area contributed by atoms with Gasteiger partial charge in [0, 0.05) is 32.5 Å². The van der Waals surface area contributed by atoms with E-state index in [1.54, 1.807) is 12.3 Å². The SMILES string of the molecule is CN1CCC(COCC2CC2)CC12CN(C(=O)c1ccccn1)C2.O=C(O)C(F)(F)F. The first-order valence-electron chi connectivity index (χ1n) is 10.4. The van der Waals surface area contributed by atoms with Gasteiger partial charge in [-0.3, -0.25) is 14.7 Å². The number of halogens is 3. The molecule has 2 saturated heterocycles. The summed E-state index contributed by atoms with van der Waals surface area (Å²) in [6.07, 6.45) is 1.64. The molecule has 1 aliphatic carbocycles. The molecule has 0 bridgehead atoms. The van der Waals surface area contributed by atoms with E-state index in [-0.39, 0.29) is 11.4 Å². The molecule has 7 nitrogen and oxygen atoms in total. The van der Waals surface area contributed by atoms with Gasteiger partial charge < -0.3 is 14.7 Å². The molecule has 1 amide bonds. The number of rotatable bonds is 5. The Hall–Kier alpha value is -2.20. The number of pyridine rings is 1. The first-order chi connectivity index (χ1) is 14.6. The number of nitrogens with zero attached hydrogens (tertiary/aromatic N) is 3. The van der Waals surface area contributed by atoms with Gasteiger partial charge in [-0.1, -0.05) is 6.07 Å². The number of likely N-dealkylation sites (N-methyl/N-ethyl adjacent to an activating group) is 1. The molecule has 1 atom stereocenters. The third-order valence-corrected chi connectivity index (χ3v) is 6.14. The van der Waals surface area contributed by atoms with Gasteiger partial charge in [0.1, 0.15) is 5.69 Å². The number of aliphatic carboxylic acids is 1. The summed E-state index contributed by atoms with van der Waals surface area (Å²) in [5.74, 6) is -1.23. The molecule has 0 radical (unpaired) electrons. The Morgan fingerprint density at radius 1 is 1.19 bits per heavy atom. The fourth-order valence-electron chi connectivity index (χ4n) is 4.07. The molecule has 10 heteroatoms. The summed E-state index contributed by atoms with van der Waals surface area (Å²) in [5.41, 5.74) is 0.700. The van der Waals surface area contributed by atoms with Crippen molar-refractivity contribution in [1.82, 2.24) is 14.8 Å². The minimum atomic E-state index is -5.08. The van der Waals surface area contributed by atoms with E-state index in [1.807, 2.05) is 17.0 Å². The average Bonchev–Trinajstić information content (AvgIpc) is 3.52. The van der Waals surface area contributed by atoms with E-state index in [0.717, 1.165) is 45.2 Å². The van der Waals surface area contributed by atoms with Crippen LogP contribution in [0, 0.1) is 11.8 Å². The minimum Gasteiger partial charge on any atom is -0.475 e. The molecule has 1 spiro atoms. The lowest BCUT2D eigenvalue weighted by atomic mass is 9.75. The number of hydrogen-bond acceptors (Lipinski definition) is 5. The summed E-state index contributed by atoms with van der Waals surface area (Å²) >= 11 is 0. The van der Waals surface area contributed by atoms with Crippen molar-refractivity contribution in [2.75, 3.05) is 39.9 Å². The summed E-state index contributed by atoms with van der Waals surface area (Å²) in [4.78, 5) is 30.0. The van der Waals surface area contributed by atoms with Gasteiger partial charge in [-0.25, -0.2) is 4.79 Å². The van der Waals surface area contributed by atoms with Crippen LogP contribution in [-0.4, -0.2) is 83.4 Å². The Kier molecular flexibility index (Phi) is 7.20. The zero-order valence-electron chi connectivity index (χ0n) is 17.5. The van der Waals surface area contributed by atoms with Crippen molar-refractivity contribution in [3.63, 3.8) is 0 Å². The predicted octanol–water partition coefficient (Wildman–Crippen LogP) is 2.68. The predicted molar refractivity (Wildman–Crippen MR) is 105 cm³/mol. The number of likely N-dealkylation sites (tertiary alicyclic amines) is 2. The van der Waals surface area contributed by atoms with Crippen LogP contribution in [0.15, 0.2) is 24.4 Å². The number of carboxylic acid groups (broad SMARTS) is 1. The van der Waals surface area contributed by atoms with Crippen molar-refractivity contribution in [2.45, 2.75) is 37.4 Å². The van der Waals surface area contributed by atoms with E-state index >= 15 is 0 Å². The summed E-state index contributed by atoms with van der Waals surface area (Å²) < 4.78 is 37.7. The van der Waals surface area contributed by atoms with Crippen molar-refractivity contribution in [3.8, 4) is 0 Å². The van der Waals surface area contributed by atoms with Crippen LogP contribution >= 0.6 is 0 Å². The van der Waals surface area contributed by atoms with Crippen LogP contribution in [-0.2, 0) is 9.53 Å². The normalized spacial score (nSPS) is 23.0. The lowest BCUT2D eigenvalue weighted by molar-refractivity contribution is -0.192. The summed E-state index contributed by atoms with van der Waals surface area (Å²) in [6, 6.07) is 5.51. The number of piperidine rings is 1. The second-order valence-electron chi connectivity index (χ2n) is 8.66. The molecule has 1 unspecified atom stereocenters. The third kappa shape index (κ3) is 6.16. The number of carbonyl (C=O) groups excluding carboxylic acids is 1. The van der Waals surface area contributed by atoms with Crippen molar-refractivity contribution in [2.24, 2.45) is 11.8 Å². The number of alkyl halides is 3. The highest BCUT2D eigenvalue weighted by atomic mass is 19.4. The van der Waals surface area contributed by atoms with E-state index in [2.05, 4.69) is 16.9 Å². The highest BCUT2D eigenvalue weighted by Crippen LogP contribution is 2.39. The summed E-state index contributed by atoms with van der Waals surface area (Å²) in [6.45, 7) is 4.57. The van der Waals surface area contributed by atoms with Crippen LogP contribution in [0.25, 0.3) is 0 Å². The van der Waals surface area contributed by atoms with E-state index in [1.165, 1.54) is 19.3 Å². The van der Waals surface area contributed by atoms with Gasteiger partial charge in [-0.15, -0.1) is 0 Å². The van der Waals surface area contributed by atoms with Crippen molar-refractivity contribution in [1.29, 1.82) is 0 Å². The molecule has 0 aromatic carbocycles. The molecule has 1 saturated carbocycles. The molecule has 4 rings (SSSR count). The van der Waals surface area contributed by atoms with E-state index in [9.17, 15) is 18.0 Å². The number of carbonyl (C=O) groups is 2. The second-order valence-corrected chi connectivity index (χ2v) is 8.66. The maximum atomic E-state index is 12.5. The van der Waals surface area contributed by atoms with E-state index in [4.69, 9.17) is 14.6 Å². The second kappa shape index (κ2) is 9.52.